The molecule has 2 aromatic carbocycles. The summed E-state index contributed by atoms with van der Waals surface area (Å²) in [5, 5.41) is 3.57. The SMILES string of the molecule is COc1cccc(OC)c1C(=O)Nc1cc(Cl)ccc1Cl. The predicted octanol–water partition coefficient (Wildman–Crippen LogP) is 4.26. The molecule has 0 unspecified atom stereocenters. The number of amides is 1. The minimum Gasteiger partial charge on any atom is -0.496 e. The molecule has 6 heteroatoms. The van der Waals surface area contributed by atoms with Crippen LogP contribution in [0.1, 0.15) is 10.4 Å². The van der Waals surface area contributed by atoms with Gasteiger partial charge in [0.25, 0.3) is 5.91 Å². The summed E-state index contributed by atoms with van der Waals surface area (Å²) >= 11 is 11.9. The number of rotatable bonds is 4. The zero-order chi connectivity index (χ0) is 15.4. The summed E-state index contributed by atoms with van der Waals surface area (Å²) in [6, 6.07) is 9.92. The Morgan fingerprint density at radius 3 is 2.24 bits per heavy atom. The first-order valence-electron chi connectivity index (χ1n) is 6.04. The highest BCUT2D eigenvalue weighted by Gasteiger charge is 2.19. The van der Waals surface area contributed by atoms with Gasteiger partial charge in [-0.15, -0.1) is 0 Å². The number of ether oxygens (including phenoxy) is 2. The Hall–Kier alpha value is -1.91. The average Bonchev–Trinajstić information content (AvgIpc) is 2.49. The number of anilines is 1. The quantitative estimate of drug-likeness (QED) is 0.913. The maximum atomic E-state index is 12.5. The molecule has 0 bridgehead atoms. The van der Waals surface area contributed by atoms with Crippen molar-refractivity contribution in [1.82, 2.24) is 0 Å². The van der Waals surface area contributed by atoms with Crippen LogP contribution in [-0.2, 0) is 0 Å². The van der Waals surface area contributed by atoms with Crippen molar-refractivity contribution in [2.45, 2.75) is 0 Å². The van der Waals surface area contributed by atoms with Gasteiger partial charge in [0.2, 0.25) is 0 Å². The van der Waals surface area contributed by atoms with Crippen LogP contribution in [0.4, 0.5) is 5.69 Å². The molecule has 21 heavy (non-hydrogen) atoms. The number of nitrogens with one attached hydrogen (secondary N) is 1. The van der Waals surface area contributed by atoms with Crippen molar-refractivity contribution >= 4 is 34.8 Å². The number of methoxy groups -OCH3 is 2. The van der Waals surface area contributed by atoms with E-state index in [1.165, 1.54) is 14.2 Å². The van der Waals surface area contributed by atoms with Crippen LogP contribution >= 0.6 is 23.2 Å². The lowest BCUT2D eigenvalue weighted by Gasteiger charge is -2.13. The zero-order valence-electron chi connectivity index (χ0n) is 11.4. The minimum absolute atomic E-state index is 0.290. The van der Waals surface area contributed by atoms with E-state index in [-0.39, 0.29) is 0 Å². The summed E-state index contributed by atoms with van der Waals surface area (Å²) in [6.07, 6.45) is 0. The van der Waals surface area contributed by atoms with Gasteiger partial charge >= 0.3 is 0 Å². The molecule has 0 aromatic heterocycles. The Morgan fingerprint density at radius 2 is 1.67 bits per heavy atom. The first-order valence-corrected chi connectivity index (χ1v) is 6.79. The highest BCUT2D eigenvalue weighted by atomic mass is 35.5. The normalized spacial score (nSPS) is 10.1. The van der Waals surface area contributed by atoms with Crippen LogP contribution in [-0.4, -0.2) is 20.1 Å². The second kappa shape index (κ2) is 6.70. The number of benzene rings is 2. The lowest BCUT2D eigenvalue weighted by Crippen LogP contribution is -2.14. The van der Waals surface area contributed by atoms with E-state index in [0.717, 1.165) is 0 Å². The van der Waals surface area contributed by atoms with E-state index < -0.39 is 5.91 Å². The number of hydrogen-bond donors (Lipinski definition) is 1. The molecule has 2 rings (SSSR count). The summed E-state index contributed by atoms with van der Waals surface area (Å²) in [7, 11) is 2.97. The van der Waals surface area contributed by atoms with Crippen molar-refractivity contribution < 1.29 is 14.3 Å². The molecule has 0 saturated carbocycles. The molecule has 0 radical (unpaired) electrons. The van der Waals surface area contributed by atoms with Gasteiger partial charge in [-0.25, -0.2) is 0 Å². The second-order valence-corrected chi connectivity index (χ2v) is 4.96. The van der Waals surface area contributed by atoms with Crippen LogP contribution in [0, 0.1) is 0 Å². The lowest BCUT2D eigenvalue weighted by molar-refractivity contribution is 0.102. The van der Waals surface area contributed by atoms with Gasteiger partial charge in [0.15, 0.2) is 0 Å². The number of carbonyl (C=O) groups excluding carboxylic acids is 1. The largest absolute Gasteiger partial charge is 0.496 e. The molecule has 0 heterocycles. The van der Waals surface area contributed by atoms with E-state index in [2.05, 4.69) is 5.32 Å². The van der Waals surface area contributed by atoms with Crippen molar-refractivity contribution in [1.29, 1.82) is 0 Å². The topological polar surface area (TPSA) is 47.6 Å². The number of hydrogen-bond acceptors (Lipinski definition) is 3. The summed E-state index contributed by atoms with van der Waals surface area (Å²) in [6.45, 7) is 0. The number of carbonyl (C=O) groups is 1. The van der Waals surface area contributed by atoms with Crippen LogP contribution in [0.3, 0.4) is 0 Å². The van der Waals surface area contributed by atoms with Crippen molar-refractivity contribution in [3.8, 4) is 11.5 Å². The van der Waals surface area contributed by atoms with Gasteiger partial charge in [-0.05, 0) is 30.3 Å². The fraction of sp³-hybridized carbons (Fsp3) is 0.133. The van der Waals surface area contributed by atoms with Gasteiger partial charge in [-0.3, -0.25) is 4.79 Å². The fourth-order valence-electron chi connectivity index (χ4n) is 1.85. The summed E-state index contributed by atoms with van der Waals surface area (Å²) in [4.78, 5) is 12.5. The molecule has 0 fully saturated rings. The maximum absolute atomic E-state index is 12.5. The van der Waals surface area contributed by atoms with Gasteiger partial charge in [-0.2, -0.15) is 0 Å². The van der Waals surface area contributed by atoms with Crippen molar-refractivity contribution in [2.24, 2.45) is 0 Å². The van der Waals surface area contributed by atoms with Crippen molar-refractivity contribution in [3.05, 3.63) is 52.0 Å². The van der Waals surface area contributed by atoms with Crippen molar-refractivity contribution in [3.63, 3.8) is 0 Å². The van der Waals surface area contributed by atoms with Crippen LogP contribution in [0.5, 0.6) is 11.5 Å². The van der Waals surface area contributed by atoms with Crippen LogP contribution in [0.15, 0.2) is 36.4 Å². The molecule has 0 spiro atoms. The van der Waals surface area contributed by atoms with Gasteiger partial charge in [0.1, 0.15) is 17.1 Å². The van der Waals surface area contributed by atoms with Crippen molar-refractivity contribution in [2.75, 3.05) is 19.5 Å². The van der Waals surface area contributed by atoms with E-state index in [1.54, 1.807) is 36.4 Å². The third-order valence-electron chi connectivity index (χ3n) is 2.83. The second-order valence-electron chi connectivity index (χ2n) is 4.12. The Bertz CT molecular complexity index is 652. The lowest BCUT2D eigenvalue weighted by atomic mass is 10.1. The Labute approximate surface area is 132 Å². The Kier molecular flexibility index (Phi) is 4.94. The number of halogens is 2. The molecule has 4 nitrogen and oxygen atoms in total. The smallest absolute Gasteiger partial charge is 0.263 e. The van der Waals surface area contributed by atoms with Gasteiger partial charge in [0, 0.05) is 5.02 Å². The van der Waals surface area contributed by atoms with Crippen LogP contribution < -0.4 is 14.8 Å². The first kappa shape index (κ1) is 15.5. The highest BCUT2D eigenvalue weighted by Crippen LogP contribution is 2.31. The standard InChI is InChI=1S/C15H13Cl2NO3/c1-20-12-4-3-5-13(21-2)14(12)15(19)18-11-8-9(16)6-7-10(11)17/h3-8H,1-2H3,(H,18,19). The van der Waals surface area contributed by atoms with E-state index in [1.807, 2.05) is 0 Å². The minimum atomic E-state index is -0.395. The molecule has 0 aliphatic carbocycles. The Balaban J connectivity index is 2.38. The monoisotopic (exact) mass is 325 g/mol. The molecule has 110 valence electrons. The fourth-order valence-corrected chi connectivity index (χ4v) is 2.19. The average molecular weight is 326 g/mol. The molecular weight excluding hydrogens is 313 g/mol. The predicted molar refractivity (Wildman–Crippen MR) is 84.0 cm³/mol. The molecule has 1 amide bonds. The summed E-state index contributed by atoms with van der Waals surface area (Å²) in [5.74, 6) is 0.420. The third kappa shape index (κ3) is 3.40. The van der Waals surface area contributed by atoms with Gasteiger partial charge in [0.05, 0.1) is 24.9 Å². The molecule has 2 aromatic rings. The van der Waals surface area contributed by atoms with Gasteiger partial charge < -0.3 is 14.8 Å². The molecule has 0 atom stereocenters. The molecule has 0 aliphatic heterocycles. The summed E-state index contributed by atoms with van der Waals surface area (Å²) < 4.78 is 10.4. The van der Waals surface area contributed by atoms with E-state index in [4.69, 9.17) is 32.7 Å². The first-order chi connectivity index (χ1) is 10.1. The maximum Gasteiger partial charge on any atom is 0.263 e. The van der Waals surface area contributed by atoms with Crippen LogP contribution in [0.2, 0.25) is 10.0 Å². The summed E-state index contributed by atoms with van der Waals surface area (Å²) in [5.41, 5.74) is 0.709. The van der Waals surface area contributed by atoms with E-state index in [9.17, 15) is 4.79 Å². The molecule has 0 aliphatic rings. The Morgan fingerprint density at radius 1 is 1.05 bits per heavy atom. The molecule has 1 N–H and O–H groups in total. The zero-order valence-corrected chi connectivity index (χ0v) is 13.0. The van der Waals surface area contributed by atoms with Gasteiger partial charge in [-0.1, -0.05) is 29.3 Å². The molecular formula is C15H13Cl2NO3. The van der Waals surface area contributed by atoms with E-state index >= 15 is 0 Å². The molecule has 0 saturated heterocycles. The van der Waals surface area contributed by atoms with Crippen LogP contribution in [0.25, 0.3) is 0 Å². The third-order valence-corrected chi connectivity index (χ3v) is 3.40. The highest BCUT2D eigenvalue weighted by molar-refractivity contribution is 6.36. The van der Waals surface area contributed by atoms with E-state index in [0.29, 0.717) is 32.8 Å².